The van der Waals surface area contributed by atoms with Gasteiger partial charge in [0.2, 0.25) is 0 Å². The molecule has 29 heavy (non-hydrogen) atoms. The molecule has 0 aromatic rings. The fourth-order valence-corrected chi connectivity index (χ4v) is 5.32. The van der Waals surface area contributed by atoms with Crippen LogP contribution in [0.2, 0.25) is 0 Å². The van der Waals surface area contributed by atoms with Crippen LogP contribution in [-0.2, 0) is 14.3 Å². The number of rotatable bonds is 5. The average molecular weight is 414 g/mol. The van der Waals surface area contributed by atoms with Crippen molar-refractivity contribution < 1.29 is 39.8 Å². The molecule has 8 heteroatoms. The fourth-order valence-electron chi connectivity index (χ4n) is 5.32. The molecule has 1 saturated heterocycles. The Labute approximate surface area is 171 Å². The highest BCUT2D eigenvalue weighted by Crippen LogP contribution is 2.56. The van der Waals surface area contributed by atoms with Gasteiger partial charge < -0.3 is 35.0 Å². The molecule has 1 aliphatic heterocycles. The predicted molar refractivity (Wildman–Crippen MR) is 103 cm³/mol. The Hall–Kier alpha value is -0.870. The van der Waals surface area contributed by atoms with Gasteiger partial charge in [0.15, 0.2) is 12.1 Å². The normalized spacial score (nSPS) is 45.3. The molecule has 1 spiro atoms. The third-order valence-corrected chi connectivity index (χ3v) is 7.43. The summed E-state index contributed by atoms with van der Waals surface area (Å²) in [4.78, 5) is 11.9. The van der Waals surface area contributed by atoms with E-state index in [0.717, 1.165) is 24.8 Å². The number of aliphatic hydroxyl groups excluding tert-OH is 4. The zero-order valence-electron chi connectivity index (χ0n) is 17.3. The number of ketones is 1. The van der Waals surface area contributed by atoms with E-state index < -0.39 is 42.9 Å². The van der Waals surface area contributed by atoms with Crippen molar-refractivity contribution >= 4 is 5.78 Å². The van der Waals surface area contributed by atoms with Crippen LogP contribution in [0.3, 0.4) is 0 Å². The van der Waals surface area contributed by atoms with E-state index in [1.807, 2.05) is 6.92 Å². The van der Waals surface area contributed by atoms with Gasteiger partial charge in [-0.2, -0.15) is 0 Å². The SMILES string of the molecule is CC1=CC(=O)CC(C)C12CCC(C(C)(O)CO[C@@H]1O[C@H](CO)[C@@H](O)[C@H](O)[C@H]1O)C2. The minimum atomic E-state index is -1.51. The molecule has 166 valence electrons. The van der Waals surface area contributed by atoms with Crippen molar-refractivity contribution in [3.05, 3.63) is 11.6 Å². The molecule has 3 rings (SSSR count). The van der Waals surface area contributed by atoms with Gasteiger partial charge in [0, 0.05) is 6.42 Å². The Balaban J connectivity index is 1.65. The number of hydrogen-bond acceptors (Lipinski definition) is 8. The maximum absolute atomic E-state index is 11.9. The van der Waals surface area contributed by atoms with Crippen LogP contribution in [0.1, 0.15) is 46.5 Å². The Kier molecular flexibility index (Phi) is 6.56. The van der Waals surface area contributed by atoms with E-state index in [1.165, 1.54) is 0 Å². The molecule has 0 aromatic heterocycles. The van der Waals surface area contributed by atoms with Crippen molar-refractivity contribution in [3.8, 4) is 0 Å². The average Bonchev–Trinajstić information content (AvgIpc) is 3.12. The lowest BCUT2D eigenvalue weighted by molar-refractivity contribution is -0.309. The summed E-state index contributed by atoms with van der Waals surface area (Å²) < 4.78 is 11.0. The summed E-state index contributed by atoms with van der Waals surface area (Å²) in [5.74, 6) is 0.306. The minimum Gasteiger partial charge on any atom is -0.394 e. The fraction of sp³-hybridized carbons (Fsp3) is 0.857. The maximum Gasteiger partial charge on any atom is 0.186 e. The summed E-state index contributed by atoms with van der Waals surface area (Å²) in [6.45, 7) is 5.10. The quantitative estimate of drug-likeness (QED) is 0.421. The smallest absolute Gasteiger partial charge is 0.186 e. The highest BCUT2D eigenvalue weighted by Gasteiger charge is 2.51. The van der Waals surface area contributed by atoms with Crippen LogP contribution >= 0.6 is 0 Å². The molecule has 1 saturated carbocycles. The van der Waals surface area contributed by atoms with Gasteiger partial charge in [-0.3, -0.25) is 4.79 Å². The highest BCUT2D eigenvalue weighted by molar-refractivity contribution is 5.91. The Bertz CT molecular complexity index is 645. The van der Waals surface area contributed by atoms with Crippen molar-refractivity contribution in [1.29, 1.82) is 0 Å². The van der Waals surface area contributed by atoms with Gasteiger partial charge in [0.05, 0.1) is 18.8 Å². The van der Waals surface area contributed by atoms with E-state index in [4.69, 9.17) is 9.47 Å². The summed E-state index contributed by atoms with van der Waals surface area (Å²) in [6, 6.07) is 0. The van der Waals surface area contributed by atoms with Crippen molar-refractivity contribution in [2.75, 3.05) is 13.2 Å². The van der Waals surface area contributed by atoms with Crippen LogP contribution in [-0.4, -0.2) is 80.8 Å². The molecule has 0 aromatic carbocycles. The summed E-state index contributed by atoms with van der Waals surface area (Å²) in [6.07, 6.45) is -2.09. The largest absolute Gasteiger partial charge is 0.394 e. The number of aliphatic hydroxyl groups is 5. The molecule has 8 nitrogen and oxygen atoms in total. The number of ether oxygens (including phenoxy) is 2. The first-order chi connectivity index (χ1) is 13.5. The van der Waals surface area contributed by atoms with Crippen LogP contribution in [0.15, 0.2) is 11.6 Å². The second-order valence-electron chi connectivity index (χ2n) is 9.36. The van der Waals surface area contributed by atoms with E-state index in [1.54, 1.807) is 13.0 Å². The van der Waals surface area contributed by atoms with Crippen LogP contribution < -0.4 is 0 Å². The Morgan fingerprint density at radius 2 is 1.97 bits per heavy atom. The lowest BCUT2D eigenvalue weighted by Crippen LogP contribution is -2.59. The molecule has 4 unspecified atom stereocenters. The summed E-state index contributed by atoms with van der Waals surface area (Å²) in [5, 5.41) is 50.2. The number of allylic oxidation sites excluding steroid dienone is 2. The third kappa shape index (κ3) is 4.17. The topological polar surface area (TPSA) is 137 Å². The van der Waals surface area contributed by atoms with E-state index in [0.29, 0.717) is 6.42 Å². The predicted octanol–water partition coefficient (Wildman–Crippen LogP) is -0.104. The number of carbonyl (C=O) groups is 1. The van der Waals surface area contributed by atoms with E-state index in [9.17, 15) is 30.3 Å². The van der Waals surface area contributed by atoms with E-state index in [2.05, 4.69) is 6.92 Å². The lowest BCUT2D eigenvalue weighted by Gasteiger charge is -2.42. The van der Waals surface area contributed by atoms with Crippen LogP contribution in [0.4, 0.5) is 0 Å². The lowest BCUT2D eigenvalue weighted by atomic mass is 9.64. The standard InChI is InChI=1S/C21H34O8/c1-11-6-14(23)7-12(2)21(11)5-4-13(8-21)20(3,27)10-28-19-18(26)17(25)16(24)15(9-22)29-19/h6,12-13,15-19,22,24-27H,4-5,7-10H2,1-3H3/t12?,13?,15-,16-,17+,18-,19-,20?,21?/m1/s1. The molecule has 0 amide bonds. The van der Waals surface area contributed by atoms with Gasteiger partial charge in [-0.15, -0.1) is 0 Å². The molecule has 2 fully saturated rings. The van der Waals surface area contributed by atoms with Crippen LogP contribution in [0.25, 0.3) is 0 Å². The summed E-state index contributed by atoms with van der Waals surface area (Å²) >= 11 is 0. The van der Waals surface area contributed by atoms with Gasteiger partial charge in [-0.25, -0.2) is 0 Å². The number of hydrogen-bond donors (Lipinski definition) is 5. The molecule has 5 N–H and O–H groups in total. The second kappa shape index (κ2) is 8.34. The summed E-state index contributed by atoms with van der Waals surface area (Å²) in [7, 11) is 0. The Morgan fingerprint density at radius 1 is 1.28 bits per heavy atom. The van der Waals surface area contributed by atoms with Gasteiger partial charge >= 0.3 is 0 Å². The van der Waals surface area contributed by atoms with Crippen molar-refractivity contribution in [2.45, 2.75) is 82.8 Å². The van der Waals surface area contributed by atoms with Crippen LogP contribution in [0, 0.1) is 17.3 Å². The molecule has 9 atom stereocenters. The summed E-state index contributed by atoms with van der Waals surface area (Å²) in [5.41, 5.74) is -0.218. The van der Waals surface area contributed by atoms with Crippen LogP contribution in [0.5, 0.6) is 0 Å². The number of carbonyl (C=O) groups excluding carboxylic acids is 1. The zero-order valence-corrected chi connectivity index (χ0v) is 17.3. The van der Waals surface area contributed by atoms with E-state index in [-0.39, 0.29) is 29.6 Å². The molecule has 0 bridgehead atoms. The minimum absolute atomic E-state index is 0.0635. The van der Waals surface area contributed by atoms with Gasteiger partial charge in [0.25, 0.3) is 0 Å². The van der Waals surface area contributed by atoms with Gasteiger partial charge in [-0.1, -0.05) is 12.5 Å². The van der Waals surface area contributed by atoms with Crippen molar-refractivity contribution in [1.82, 2.24) is 0 Å². The molecule has 1 heterocycles. The molecular formula is C21H34O8. The first-order valence-corrected chi connectivity index (χ1v) is 10.4. The van der Waals surface area contributed by atoms with Gasteiger partial charge in [-0.05, 0) is 56.4 Å². The van der Waals surface area contributed by atoms with Crippen molar-refractivity contribution in [3.63, 3.8) is 0 Å². The van der Waals surface area contributed by atoms with E-state index >= 15 is 0 Å². The molecule has 3 aliphatic rings. The third-order valence-electron chi connectivity index (χ3n) is 7.43. The molecule has 2 aliphatic carbocycles. The van der Waals surface area contributed by atoms with Gasteiger partial charge in [0.1, 0.15) is 24.4 Å². The Morgan fingerprint density at radius 3 is 2.59 bits per heavy atom. The highest BCUT2D eigenvalue weighted by atomic mass is 16.7. The monoisotopic (exact) mass is 414 g/mol. The maximum atomic E-state index is 11.9. The second-order valence-corrected chi connectivity index (χ2v) is 9.36. The van der Waals surface area contributed by atoms with Crippen molar-refractivity contribution in [2.24, 2.45) is 17.3 Å². The molecular weight excluding hydrogens is 380 g/mol. The molecule has 0 radical (unpaired) electrons. The zero-order chi connectivity index (χ0) is 21.6. The first kappa shape index (κ1) is 22.8. The first-order valence-electron chi connectivity index (χ1n) is 10.4.